The minimum Gasteiger partial charge on any atom is -0.394 e. The van der Waals surface area contributed by atoms with Crippen molar-refractivity contribution in [3.8, 4) is 0 Å². The van der Waals surface area contributed by atoms with Gasteiger partial charge in [0.05, 0.1) is 6.61 Å². The molecule has 0 bridgehead atoms. The molecule has 0 atom stereocenters. The molecule has 0 aromatic heterocycles. The second kappa shape index (κ2) is 12.5. The van der Waals surface area contributed by atoms with Gasteiger partial charge < -0.3 is 10.0 Å². The summed E-state index contributed by atoms with van der Waals surface area (Å²) in [4.78, 5) is 2.38. The molecule has 0 aliphatic heterocycles. The van der Waals surface area contributed by atoms with Crippen LogP contribution in [0.5, 0.6) is 0 Å². The summed E-state index contributed by atoms with van der Waals surface area (Å²) in [5.41, 5.74) is 0. The Labute approximate surface area is 69.0 Å². The fourth-order valence-electron chi connectivity index (χ4n) is 0.671. The molecule has 2 nitrogen and oxygen atoms in total. The van der Waals surface area contributed by atoms with Gasteiger partial charge in [-0.3, -0.25) is 0 Å². The molecule has 0 saturated carbocycles. The molecule has 0 aromatic rings. The van der Waals surface area contributed by atoms with Gasteiger partial charge in [-0.25, -0.2) is 4.39 Å². The average molecular weight is 165 g/mol. The van der Waals surface area contributed by atoms with Crippen LogP contribution in [0.1, 0.15) is 20.8 Å². The summed E-state index contributed by atoms with van der Waals surface area (Å²) in [7, 11) is 0. The highest BCUT2D eigenvalue weighted by Gasteiger charge is 1.89. The number of aliphatic hydroxyl groups is 1. The topological polar surface area (TPSA) is 23.5 Å². The van der Waals surface area contributed by atoms with Gasteiger partial charge in [0, 0.05) is 0 Å². The summed E-state index contributed by atoms with van der Waals surface area (Å²) >= 11 is 0. The highest BCUT2D eigenvalue weighted by Crippen LogP contribution is 1.81. The Hall–Kier alpha value is -0.150. The molecule has 3 heteroatoms. The molecule has 11 heavy (non-hydrogen) atoms. The summed E-state index contributed by atoms with van der Waals surface area (Å²) in [6, 6.07) is 0. The van der Waals surface area contributed by atoms with Crippen LogP contribution in [-0.4, -0.2) is 42.9 Å². The van der Waals surface area contributed by atoms with Crippen LogP contribution in [0, 0.1) is 0 Å². The van der Waals surface area contributed by atoms with E-state index in [1.165, 1.54) is 19.6 Å². The molecule has 1 N–H and O–H groups in total. The molecule has 0 spiro atoms. The van der Waals surface area contributed by atoms with Crippen molar-refractivity contribution in [3.63, 3.8) is 0 Å². The molecule has 0 aliphatic carbocycles. The largest absolute Gasteiger partial charge is 0.394 e. The molecule has 0 heterocycles. The van der Waals surface area contributed by atoms with Crippen LogP contribution in [0.25, 0.3) is 0 Å². The molecule has 0 fully saturated rings. The third-order valence-corrected chi connectivity index (χ3v) is 1.43. The van der Waals surface area contributed by atoms with Crippen LogP contribution in [-0.2, 0) is 0 Å². The van der Waals surface area contributed by atoms with E-state index in [4.69, 9.17) is 5.11 Å². The zero-order valence-corrected chi connectivity index (χ0v) is 7.81. The summed E-state index contributed by atoms with van der Waals surface area (Å²) in [6.07, 6.45) is 0. The third kappa shape index (κ3) is 12.9. The number of rotatable bonds is 4. The van der Waals surface area contributed by atoms with Gasteiger partial charge in [0.15, 0.2) is 0 Å². The summed E-state index contributed by atoms with van der Waals surface area (Å²) in [6.45, 7) is 9.15. The number of nitrogens with zero attached hydrogens (tertiary/aromatic N) is 1. The monoisotopic (exact) mass is 165 g/mol. The van der Waals surface area contributed by atoms with Crippen molar-refractivity contribution < 1.29 is 9.50 Å². The third-order valence-electron chi connectivity index (χ3n) is 1.43. The van der Waals surface area contributed by atoms with Crippen LogP contribution in [0.15, 0.2) is 0 Å². The summed E-state index contributed by atoms with van der Waals surface area (Å²) in [5, 5.41) is 7.50. The molecule has 70 valence electrons. The van der Waals surface area contributed by atoms with Gasteiger partial charge in [-0.15, -0.1) is 0 Å². The van der Waals surface area contributed by atoms with Gasteiger partial charge in [-0.05, 0) is 19.6 Å². The van der Waals surface area contributed by atoms with E-state index in [9.17, 15) is 4.39 Å². The van der Waals surface area contributed by atoms with E-state index < -0.39 is 6.67 Å². The van der Waals surface area contributed by atoms with Gasteiger partial charge in [-0.2, -0.15) is 0 Å². The first-order chi connectivity index (χ1) is 5.26. The van der Waals surface area contributed by atoms with E-state index >= 15 is 0 Å². The Morgan fingerprint density at radius 1 is 1.09 bits per heavy atom. The van der Waals surface area contributed by atoms with E-state index in [1.807, 2.05) is 0 Å². The number of alkyl halides is 1. The molecule has 0 aliphatic rings. The van der Waals surface area contributed by atoms with Crippen molar-refractivity contribution in [2.75, 3.05) is 32.9 Å². The second-order valence-electron chi connectivity index (χ2n) is 2.03. The van der Waals surface area contributed by atoms with Crippen LogP contribution < -0.4 is 0 Å². The van der Waals surface area contributed by atoms with Gasteiger partial charge >= 0.3 is 0 Å². The first-order valence-corrected chi connectivity index (χ1v) is 4.15. The van der Waals surface area contributed by atoms with E-state index in [1.54, 1.807) is 0 Å². The predicted octanol–water partition coefficient (Wildman–Crippen LogP) is 1.30. The van der Waals surface area contributed by atoms with Crippen LogP contribution in [0.3, 0.4) is 0 Å². The molecular formula is C8H20FNO. The highest BCUT2D eigenvalue weighted by molar-refractivity contribution is 4.43. The normalized spacial score (nSPS) is 9.27. The molecule has 0 aromatic carbocycles. The molecule has 0 radical (unpaired) electrons. The minimum atomic E-state index is -0.625. The quantitative estimate of drug-likeness (QED) is 0.678. The lowest BCUT2D eigenvalue weighted by Crippen LogP contribution is -2.21. The molecule has 0 unspecified atom stereocenters. The number of hydrogen-bond donors (Lipinski definition) is 1. The first-order valence-electron chi connectivity index (χ1n) is 4.15. The molecule has 0 amide bonds. The Bertz CT molecular complexity index is 50.5. The van der Waals surface area contributed by atoms with Gasteiger partial charge in [0.25, 0.3) is 0 Å². The number of aliphatic hydroxyl groups excluding tert-OH is 1. The summed E-state index contributed by atoms with van der Waals surface area (Å²) < 4.78 is 10.5. The smallest absolute Gasteiger partial charge is 0.112 e. The van der Waals surface area contributed by atoms with Gasteiger partial charge in [0.1, 0.15) is 6.67 Å². The van der Waals surface area contributed by atoms with E-state index in [0.717, 1.165) is 0 Å². The number of hydrogen-bond acceptors (Lipinski definition) is 2. The lowest BCUT2D eigenvalue weighted by atomic mass is 10.5. The van der Waals surface area contributed by atoms with Crippen molar-refractivity contribution in [3.05, 3.63) is 0 Å². The van der Waals surface area contributed by atoms with Gasteiger partial charge in [-0.1, -0.05) is 20.8 Å². The second-order valence-corrected chi connectivity index (χ2v) is 2.03. The van der Waals surface area contributed by atoms with Crippen molar-refractivity contribution >= 4 is 0 Å². The van der Waals surface area contributed by atoms with Crippen molar-refractivity contribution in [1.29, 1.82) is 0 Å². The predicted molar refractivity (Wildman–Crippen MR) is 46.5 cm³/mol. The zero-order chi connectivity index (χ0) is 9.11. The SMILES string of the molecule is CCN(CC)CC.OCCF. The van der Waals surface area contributed by atoms with E-state index in [-0.39, 0.29) is 6.61 Å². The maximum Gasteiger partial charge on any atom is 0.112 e. The minimum absolute atomic E-state index is 0.347. The van der Waals surface area contributed by atoms with Crippen LogP contribution >= 0.6 is 0 Å². The molecule has 0 saturated heterocycles. The van der Waals surface area contributed by atoms with Crippen LogP contribution in [0.2, 0.25) is 0 Å². The average Bonchev–Trinajstić information content (AvgIpc) is 2.08. The Morgan fingerprint density at radius 2 is 1.36 bits per heavy atom. The fraction of sp³-hybridized carbons (Fsp3) is 1.00. The van der Waals surface area contributed by atoms with Crippen molar-refractivity contribution in [2.45, 2.75) is 20.8 Å². The number of halogens is 1. The van der Waals surface area contributed by atoms with Crippen LogP contribution in [0.4, 0.5) is 4.39 Å². The van der Waals surface area contributed by atoms with Crippen molar-refractivity contribution in [2.24, 2.45) is 0 Å². The Balaban J connectivity index is 0. The Kier molecular flexibility index (Phi) is 15.3. The fourth-order valence-corrected chi connectivity index (χ4v) is 0.671. The Morgan fingerprint density at radius 3 is 1.36 bits per heavy atom. The van der Waals surface area contributed by atoms with E-state index in [0.29, 0.717) is 0 Å². The zero-order valence-electron chi connectivity index (χ0n) is 7.81. The molecule has 0 rings (SSSR count). The first kappa shape index (κ1) is 13.4. The maximum atomic E-state index is 10.5. The standard InChI is InChI=1S/C6H15N.C2H5FO/c1-4-7(5-2)6-3;3-1-2-4/h4-6H2,1-3H3;4H,1-2H2. The lowest BCUT2D eigenvalue weighted by molar-refractivity contribution is 0.253. The van der Waals surface area contributed by atoms with E-state index in [2.05, 4.69) is 25.7 Å². The molecular weight excluding hydrogens is 145 g/mol. The lowest BCUT2D eigenvalue weighted by Gasteiger charge is -2.13. The maximum absolute atomic E-state index is 10.5. The van der Waals surface area contributed by atoms with Crippen molar-refractivity contribution in [1.82, 2.24) is 4.90 Å². The summed E-state index contributed by atoms with van der Waals surface area (Å²) in [5.74, 6) is 0. The van der Waals surface area contributed by atoms with Gasteiger partial charge in [0.2, 0.25) is 0 Å². The highest BCUT2D eigenvalue weighted by atomic mass is 19.1.